The normalized spacial score (nSPS) is 10.8. The maximum Gasteiger partial charge on any atom is 0.238 e. The molecule has 0 atom stereocenters. The van der Waals surface area contributed by atoms with E-state index in [9.17, 15) is 0 Å². The third-order valence-electron chi connectivity index (χ3n) is 3.61. The van der Waals surface area contributed by atoms with Crippen LogP contribution in [0.3, 0.4) is 0 Å². The van der Waals surface area contributed by atoms with Crippen molar-refractivity contribution in [2.75, 3.05) is 6.61 Å². The lowest BCUT2D eigenvalue weighted by molar-refractivity contribution is 0.339. The molecule has 0 bridgehead atoms. The highest BCUT2D eigenvalue weighted by atomic mass is 16.5. The molecule has 6 heteroatoms. The van der Waals surface area contributed by atoms with Crippen molar-refractivity contribution in [1.29, 1.82) is 0 Å². The van der Waals surface area contributed by atoms with Gasteiger partial charge in [0, 0.05) is 0 Å². The van der Waals surface area contributed by atoms with E-state index < -0.39 is 0 Å². The summed E-state index contributed by atoms with van der Waals surface area (Å²) in [5.41, 5.74) is 2.30. The zero-order chi connectivity index (χ0) is 17.1. The molecule has 0 radical (unpaired) electrons. The summed E-state index contributed by atoms with van der Waals surface area (Å²) in [5.74, 6) is 1.90. The Bertz CT molecular complexity index is 981. The predicted molar refractivity (Wildman–Crippen MR) is 94.3 cm³/mol. The summed E-state index contributed by atoms with van der Waals surface area (Å²) in [4.78, 5) is 8.93. The molecular formula is C19H16N4O2. The van der Waals surface area contributed by atoms with Gasteiger partial charge in [0.2, 0.25) is 5.88 Å². The largest absolute Gasteiger partial charge is 0.494 e. The van der Waals surface area contributed by atoms with E-state index in [-0.39, 0.29) is 0 Å². The van der Waals surface area contributed by atoms with Gasteiger partial charge < -0.3 is 9.47 Å². The lowest BCUT2D eigenvalue weighted by atomic mass is 10.3. The first-order valence-electron chi connectivity index (χ1n) is 8.00. The third kappa shape index (κ3) is 3.14. The van der Waals surface area contributed by atoms with Gasteiger partial charge in [0.25, 0.3) is 0 Å². The SMILES string of the molecule is CCOc1ccc(Oc2cnc3c(cnn3-c3ccccc3)n2)cc1. The summed E-state index contributed by atoms with van der Waals surface area (Å²) in [6.07, 6.45) is 3.28. The van der Waals surface area contributed by atoms with Crippen molar-refractivity contribution < 1.29 is 9.47 Å². The molecule has 0 aliphatic rings. The number of nitrogens with zero attached hydrogens (tertiary/aromatic N) is 4. The van der Waals surface area contributed by atoms with Gasteiger partial charge in [0.15, 0.2) is 5.65 Å². The van der Waals surface area contributed by atoms with Crippen molar-refractivity contribution in [1.82, 2.24) is 19.7 Å². The number of para-hydroxylation sites is 1. The molecule has 0 spiro atoms. The Morgan fingerprint density at radius 1 is 0.920 bits per heavy atom. The van der Waals surface area contributed by atoms with Gasteiger partial charge in [-0.25, -0.2) is 14.6 Å². The molecule has 124 valence electrons. The van der Waals surface area contributed by atoms with Crippen LogP contribution in [-0.4, -0.2) is 26.4 Å². The fourth-order valence-corrected chi connectivity index (χ4v) is 2.50. The Hall–Kier alpha value is -3.41. The number of rotatable bonds is 5. The summed E-state index contributed by atoms with van der Waals surface area (Å²) >= 11 is 0. The van der Waals surface area contributed by atoms with Crippen molar-refractivity contribution in [3.05, 3.63) is 67.0 Å². The van der Waals surface area contributed by atoms with Gasteiger partial charge in [0.05, 0.1) is 24.7 Å². The number of benzene rings is 2. The van der Waals surface area contributed by atoms with E-state index in [2.05, 4.69) is 15.1 Å². The lowest BCUT2D eigenvalue weighted by Crippen LogP contribution is -1.98. The minimum atomic E-state index is 0.421. The topological polar surface area (TPSA) is 62.1 Å². The quantitative estimate of drug-likeness (QED) is 0.552. The molecule has 4 aromatic rings. The lowest BCUT2D eigenvalue weighted by Gasteiger charge is -2.07. The number of aromatic nitrogens is 4. The maximum atomic E-state index is 5.77. The summed E-state index contributed by atoms with van der Waals surface area (Å²) < 4.78 is 12.9. The molecule has 2 aromatic carbocycles. The van der Waals surface area contributed by atoms with Crippen molar-refractivity contribution in [3.63, 3.8) is 0 Å². The first-order valence-corrected chi connectivity index (χ1v) is 8.00. The molecular weight excluding hydrogens is 316 g/mol. The molecule has 4 rings (SSSR count). The number of ether oxygens (including phenoxy) is 2. The van der Waals surface area contributed by atoms with Crippen LogP contribution in [0.4, 0.5) is 0 Å². The van der Waals surface area contributed by atoms with E-state index in [0.29, 0.717) is 29.4 Å². The summed E-state index contributed by atoms with van der Waals surface area (Å²) in [6.45, 7) is 2.58. The van der Waals surface area contributed by atoms with Crippen molar-refractivity contribution in [2.24, 2.45) is 0 Å². The van der Waals surface area contributed by atoms with Gasteiger partial charge >= 0.3 is 0 Å². The second-order valence-corrected chi connectivity index (χ2v) is 5.32. The van der Waals surface area contributed by atoms with Crippen LogP contribution >= 0.6 is 0 Å². The molecule has 0 saturated heterocycles. The Labute approximate surface area is 144 Å². The summed E-state index contributed by atoms with van der Waals surface area (Å²) in [6, 6.07) is 17.2. The maximum absolute atomic E-state index is 5.77. The summed E-state index contributed by atoms with van der Waals surface area (Å²) in [7, 11) is 0. The smallest absolute Gasteiger partial charge is 0.238 e. The molecule has 2 aromatic heterocycles. The minimum absolute atomic E-state index is 0.421. The van der Waals surface area contributed by atoms with Crippen LogP contribution < -0.4 is 9.47 Å². The van der Waals surface area contributed by atoms with E-state index in [1.165, 1.54) is 0 Å². The third-order valence-corrected chi connectivity index (χ3v) is 3.61. The molecule has 0 unspecified atom stereocenters. The monoisotopic (exact) mass is 332 g/mol. The van der Waals surface area contributed by atoms with Gasteiger partial charge in [0.1, 0.15) is 17.0 Å². The molecule has 2 heterocycles. The molecule has 0 fully saturated rings. The molecule has 0 amide bonds. The van der Waals surface area contributed by atoms with E-state index in [0.717, 1.165) is 11.4 Å². The van der Waals surface area contributed by atoms with Gasteiger partial charge in [-0.3, -0.25) is 0 Å². The van der Waals surface area contributed by atoms with Crippen LogP contribution in [0.5, 0.6) is 17.4 Å². The average Bonchev–Trinajstić information content (AvgIpc) is 3.07. The molecule has 0 N–H and O–H groups in total. The molecule has 6 nitrogen and oxygen atoms in total. The molecule has 0 aliphatic heterocycles. The standard InChI is InChI=1S/C19H16N4O2/c1-2-24-15-8-10-16(11-9-15)25-18-13-20-19-17(22-18)12-21-23(19)14-6-4-3-5-7-14/h3-13H,2H2,1H3. The average molecular weight is 332 g/mol. The fraction of sp³-hybridized carbons (Fsp3) is 0.105. The highest BCUT2D eigenvalue weighted by Gasteiger charge is 2.09. The van der Waals surface area contributed by atoms with Crippen LogP contribution in [0.2, 0.25) is 0 Å². The Kier molecular flexibility index (Phi) is 4.00. The first-order chi connectivity index (χ1) is 12.3. The summed E-state index contributed by atoms with van der Waals surface area (Å²) in [5, 5.41) is 4.37. The number of hydrogen-bond acceptors (Lipinski definition) is 5. The molecule has 25 heavy (non-hydrogen) atoms. The fourth-order valence-electron chi connectivity index (χ4n) is 2.50. The second kappa shape index (κ2) is 6.60. The predicted octanol–water partition coefficient (Wildman–Crippen LogP) is 4.01. The van der Waals surface area contributed by atoms with E-state index in [1.807, 2.05) is 61.5 Å². The van der Waals surface area contributed by atoms with Crippen LogP contribution in [0.15, 0.2) is 67.0 Å². The van der Waals surface area contributed by atoms with Gasteiger partial charge in [-0.2, -0.15) is 5.10 Å². The van der Waals surface area contributed by atoms with Crippen LogP contribution in [-0.2, 0) is 0 Å². The van der Waals surface area contributed by atoms with Crippen LogP contribution in [0.25, 0.3) is 16.9 Å². The van der Waals surface area contributed by atoms with Crippen molar-refractivity contribution in [3.8, 4) is 23.1 Å². The van der Waals surface area contributed by atoms with Gasteiger partial charge in [-0.05, 0) is 43.3 Å². The van der Waals surface area contributed by atoms with E-state index >= 15 is 0 Å². The minimum Gasteiger partial charge on any atom is -0.494 e. The Morgan fingerprint density at radius 3 is 2.44 bits per heavy atom. The number of hydrogen-bond donors (Lipinski definition) is 0. The molecule has 0 saturated carbocycles. The number of fused-ring (bicyclic) bond motifs is 1. The zero-order valence-corrected chi connectivity index (χ0v) is 13.7. The highest BCUT2D eigenvalue weighted by molar-refractivity contribution is 5.72. The van der Waals surface area contributed by atoms with E-state index in [4.69, 9.17) is 9.47 Å². The molecule has 0 aliphatic carbocycles. The Balaban J connectivity index is 1.59. The second-order valence-electron chi connectivity index (χ2n) is 5.32. The van der Waals surface area contributed by atoms with Crippen LogP contribution in [0.1, 0.15) is 6.92 Å². The highest BCUT2D eigenvalue weighted by Crippen LogP contribution is 2.24. The van der Waals surface area contributed by atoms with Crippen molar-refractivity contribution >= 4 is 11.2 Å². The van der Waals surface area contributed by atoms with Crippen LogP contribution in [0, 0.1) is 0 Å². The van der Waals surface area contributed by atoms with Gasteiger partial charge in [-0.15, -0.1) is 0 Å². The van der Waals surface area contributed by atoms with Gasteiger partial charge in [-0.1, -0.05) is 18.2 Å². The zero-order valence-electron chi connectivity index (χ0n) is 13.7. The first kappa shape index (κ1) is 15.1. The van der Waals surface area contributed by atoms with Crippen molar-refractivity contribution in [2.45, 2.75) is 6.92 Å². The van der Waals surface area contributed by atoms with E-state index in [1.54, 1.807) is 17.1 Å². The Morgan fingerprint density at radius 2 is 1.68 bits per heavy atom.